The van der Waals surface area contributed by atoms with E-state index in [0.29, 0.717) is 30.2 Å². The van der Waals surface area contributed by atoms with E-state index in [1.165, 1.54) is 12.1 Å². The number of rotatable bonds is 6. The van der Waals surface area contributed by atoms with Gasteiger partial charge in [-0.15, -0.1) is 0 Å². The largest absolute Gasteiger partial charge is 0.508 e. The predicted octanol–water partition coefficient (Wildman–Crippen LogP) is 3.12. The van der Waals surface area contributed by atoms with Crippen LogP contribution < -0.4 is 14.8 Å². The lowest BCUT2D eigenvalue weighted by molar-refractivity contribution is 0.311. The molecule has 0 heterocycles. The standard InChI is InChI=1S/C16H19NO4/c1-3-21-16-8-12(5-7-15(16)20-2)17-10-11-4-6-13(18)9-14(11)19/h4-9,17-19H,3,10H2,1-2H3. The number of methoxy groups -OCH3 is 1. The molecule has 0 aliphatic carbocycles. The third-order valence-electron chi connectivity index (χ3n) is 3.02. The molecule has 0 saturated heterocycles. The molecule has 0 unspecified atom stereocenters. The van der Waals surface area contributed by atoms with Gasteiger partial charge in [0.2, 0.25) is 0 Å². The van der Waals surface area contributed by atoms with Crippen LogP contribution in [0.1, 0.15) is 12.5 Å². The summed E-state index contributed by atoms with van der Waals surface area (Å²) in [6.07, 6.45) is 0. The Bertz CT molecular complexity index is 613. The van der Waals surface area contributed by atoms with Crippen LogP contribution in [-0.4, -0.2) is 23.9 Å². The van der Waals surface area contributed by atoms with Crippen LogP contribution in [0.4, 0.5) is 5.69 Å². The molecule has 0 saturated carbocycles. The summed E-state index contributed by atoms with van der Waals surface area (Å²) in [7, 11) is 1.60. The summed E-state index contributed by atoms with van der Waals surface area (Å²) in [6.45, 7) is 2.90. The van der Waals surface area contributed by atoms with Gasteiger partial charge in [0.25, 0.3) is 0 Å². The molecule has 5 heteroatoms. The lowest BCUT2D eigenvalue weighted by atomic mass is 10.2. The molecule has 0 bridgehead atoms. The Labute approximate surface area is 123 Å². The Hall–Kier alpha value is -2.56. The molecular weight excluding hydrogens is 270 g/mol. The molecule has 0 atom stereocenters. The van der Waals surface area contributed by atoms with Gasteiger partial charge in [0, 0.05) is 29.9 Å². The first-order chi connectivity index (χ1) is 10.1. The maximum Gasteiger partial charge on any atom is 0.163 e. The Morgan fingerprint density at radius 2 is 1.86 bits per heavy atom. The third kappa shape index (κ3) is 3.72. The minimum atomic E-state index is 0.0410. The van der Waals surface area contributed by atoms with Crippen LogP contribution in [0.25, 0.3) is 0 Å². The monoisotopic (exact) mass is 289 g/mol. The van der Waals surface area contributed by atoms with Gasteiger partial charge in [0.05, 0.1) is 13.7 Å². The van der Waals surface area contributed by atoms with Crippen LogP contribution >= 0.6 is 0 Å². The van der Waals surface area contributed by atoms with Crippen LogP contribution in [0.3, 0.4) is 0 Å². The van der Waals surface area contributed by atoms with Gasteiger partial charge >= 0.3 is 0 Å². The van der Waals surface area contributed by atoms with Crippen LogP contribution in [0.5, 0.6) is 23.0 Å². The molecule has 0 aliphatic heterocycles. The molecule has 0 fully saturated rings. The second kappa shape index (κ2) is 6.74. The zero-order chi connectivity index (χ0) is 15.2. The Balaban J connectivity index is 2.10. The predicted molar refractivity (Wildman–Crippen MR) is 81.3 cm³/mol. The van der Waals surface area contributed by atoms with Crippen LogP contribution in [0.15, 0.2) is 36.4 Å². The molecule has 0 aliphatic rings. The first-order valence-electron chi connectivity index (χ1n) is 6.69. The highest BCUT2D eigenvalue weighted by Crippen LogP contribution is 2.31. The summed E-state index contributed by atoms with van der Waals surface area (Å²) in [6, 6.07) is 10.1. The normalized spacial score (nSPS) is 10.2. The summed E-state index contributed by atoms with van der Waals surface area (Å²) < 4.78 is 10.7. The minimum Gasteiger partial charge on any atom is -0.508 e. The first-order valence-corrected chi connectivity index (χ1v) is 6.69. The van der Waals surface area contributed by atoms with E-state index in [4.69, 9.17) is 9.47 Å². The van der Waals surface area contributed by atoms with Crippen LogP contribution in [-0.2, 0) is 6.54 Å². The Morgan fingerprint density at radius 3 is 2.52 bits per heavy atom. The second-order valence-electron chi connectivity index (χ2n) is 4.47. The van der Waals surface area contributed by atoms with Gasteiger partial charge in [0.1, 0.15) is 11.5 Å². The van der Waals surface area contributed by atoms with Crippen LogP contribution in [0.2, 0.25) is 0 Å². The van der Waals surface area contributed by atoms with Crippen molar-refractivity contribution in [2.24, 2.45) is 0 Å². The fourth-order valence-electron chi connectivity index (χ4n) is 1.95. The number of anilines is 1. The van der Waals surface area contributed by atoms with E-state index in [-0.39, 0.29) is 11.5 Å². The molecule has 112 valence electrons. The second-order valence-corrected chi connectivity index (χ2v) is 4.47. The Morgan fingerprint density at radius 1 is 1.05 bits per heavy atom. The van der Waals surface area contributed by atoms with Crippen molar-refractivity contribution in [3.63, 3.8) is 0 Å². The molecule has 21 heavy (non-hydrogen) atoms. The molecular formula is C16H19NO4. The molecule has 2 rings (SSSR count). The molecule has 0 spiro atoms. The fourth-order valence-corrected chi connectivity index (χ4v) is 1.95. The van der Waals surface area contributed by atoms with Crippen molar-refractivity contribution in [2.45, 2.75) is 13.5 Å². The lowest BCUT2D eigenvalue weighted by Gasteiger charge is -2.13. The highest BCUT2D eigenvalue weighted by Gasteiger charge is 2.06. The summed E-state index contributed by atoms with van der Waals surface area (Å²) in [5.74, 6) is 1.44. The van der Waals surface area contributed by atoms with Gasteiger partial charge in [-0.3, -0.25) is 0 Å². The number of nitrogens with one attached hydrogen (secondary N) is 1. The van der Waals surface area contributed by atoms with Crippen molar-refractivity contribution < 1.29 is 19.7 Å². The SMILES string of the molecule is CCOc1cc(NCc2ccc(O)cc2O)ccc1OC. The molecule has 5 nitrogen and oxygen atoms in total. The zero-order valence-electron chi connectivity index (χ0n) is 12.1. The summed E-state index contributed by atoms with van der Waals surface area (Å²) in [5.41, 5.74) is 1.55. The maximum absolute atomic E-state index is 9.75. The summed E-state index contributed by atoms with van der Waals surface area (Å²) >= 11 is 0. The number of hydrogen-bond donors (Lipinski definition) is 3. The van der Waals surface area contributed by atoms with Crippen molar-refractivity contribution in [3.8, 4) is 23.0 Å². The number of ether oxygens (including phenoxy) is 2. The van der Waals surface area contributed by atoms with E-state index >= 15 is 0 Å². The number of aromatic hydroxyl groups is 2. The number of hydrogen-bond acceptors (Lipinski definition) is 5. The number of phenols is 2. The van der Waals surface area contributed by atoms with Crippen molar-refractivity contribution in [2.75, 3.05) is 19.0 Å². The van der Waals surface area contributed by atoms with Crippen molar-refractivity contribution in [1.82, 2.24) is 0 Å². The van der Waals surface area contributed by atoms with E-state index < -0.39 is 0 Å². The zero-order valence-corrected chi connectivity index (χ0v) is 12.1. The average Bonchev–Trinajstić information content (AvgIpc) is 2.47. The van der Waals surface area contributed by atoms with Crippen molar-refractivity contribution >= 4 is 5.69 Å². The van der Waals surface area contributed by atoms with Gasteiger partial charge in [-0.2, -0.15) is 0 Å². The topological polar surface area (TPSA) is 71.0 Å². The van der Waals surface area contributed by atoms with Gasteiger partial charge in [0.15, 0.2) is 11.5 Å². The lowest BCUT2D eigenvalue weighted by Crippen LogP contribution is -2.01. The first kappa shape index (κ1) is 14.8. The molecule has 0 aromatic heterocycles. The molecule has 3 N–H and O–H groups in total. The van der Waals surface area contributed by atoms with E-state index in [1.807, 2.05) is 25.1 Å². The third-order valence-corrected chi connectivity index (χ3v) is 3.02. The molecule has 0 radical (unpaired) electrons. The summed E-state index contributed by atoms with van der Waals surface area (Å²) in [5, 5.41) is 22.2. The van der Waals surface area contributed by atoms with E-state index in [2.05, 4.69) is 5.32 Å². The maximum atomic E-state index is 9.75. The van der Waals surface area contributed by atoms with Crippen molar-refractivity contribution in [1.29, 1.82) is 0 Å². The fraction of sp³-hybridized carbons (Fsp3) is 0.250. The van der Waals surface area contributed by atoms with E-state index in [1.54, 1.807) is 13.2 Å². The van der Waals surface area contributed by atoms with Gasteiger partial charge < -0.3 is 25.0 Å². The number of phenolic OH excluding ortho intramolecular Hbond substituents is 2. The Kier molecular flexibility index (Phi) is 4.77. The summed E-state index contributed by atoms with van der Waals surface area (Å²) in [4.78, 5) is 0. The highest BCUT2D eigenvalue weighted by molar-refractivity contribution is 5.55. The van der Waals surface area contributed by atoms with E-state index in [9.17, 15) is 10.2 Å². The smallest absolute Gasteiger partial charge is 0.163 e. The van der Waals surface area contributed by atoms with Crippen molar-refractivity contribution in [3.05, 3.63) is 42.0 Å². The quantitative estimate of drug-likeness (QED) is 0.762. The van der Waals surface area contributed by atoms with Gasteiger partial charge in [-0.1, -0.05) is 0 Å². The van der Waals surface area contributed by atoms with Gasteiger partial charge in [-0.25, -0.2) is 0 Å². The molecule has 2 aromatic rings. The molecule has 2 aromatic carbocycles. The average molecular weight is 289 g/mol. The van der Waals surface area contributed by atoms with Gasteiger partial charge in [-0.05, 0) is 31.2 Å². The number of benzene rings is 2. The molecule has 0 amide bonds. The van der Waals surface area contributed by atoms with E-state index in [0.717, 1.165) is 5.69 Å². The van der Waals surface area contributed by atoms with Crippen LogP contribution in [0, 0.1) is 0 Å². The highest BCUT2D eigenvalue weighted by atomic mass is 16.5. The minimum absolute atomic E-state index is 0.0410.